The molecule has 0 radical (unpaired) electrons. The first-order valence-corrected chi connectivity index (χ1v) is 3.76. The van der Waals surface area contributed by atoms with Crippen LogP contribution >= 0.6 is 0 Å². The van der Waals surface area contributed by atoms with E-state index in [1.54, 1.807) is 0 Å². The van der Waals surface area contributed by atoms with Crippen molar-refractivity contribution in [2.75, 3.05) is 0 Å². The molecule has 0 aromatic carbocycles. The highest BCUT2D eigenvalue weighted by molar-refractivity contribution is 4.92. The average Bonchev–Trinajstić information content (AvgIpc) is 2.42. The molecule has 1 rings (SSSR count). The van der Waals surface area contributed by atoms with Crippen LogP contribution < -0.4 is 0 Å². The molecule has 0 bridgehead atoms. The molecule has 3 atom stereocenters. The Hall–Kier alpha value is -0.0800. The zero-order valence-electron chi connectivity index (χ0n) is 7.09. The first-order chi connectivity index (χ1) is 4.43. The Morgan fingerprint density at radius 3 is 1.90 bits per heavy atom. The minimum atomic E-state index is -0.317. The fourth-order valence-corrected chi connectivity index (χ4v) is 1.03. The lowest BCUT2D eigenvalue weighted by molar-refractivity contribution is 0.0378. The van der Waals surface area contributed by atoms with Gasteiger partial charge in [-0.1, -0.05) is 20.8 Å². The van der Waals surface area contributed by atoms with Crippen LogP contribution in [0, 0.1) is 5.41 Å². The lowest BCUT2D eigenvalue weighted by atomic mass is 9.86. The van der Waals surface area contributed by atoms with Crippen molar-refractivity contribution >= 4 is 0 Å². The minimum absolute atomic E-state index is 0.0462. The number of epoxide rings is 1. The number of aliphatic hydroxyl groups is 1. The molecule has 2 nitrogen and oxygen atoms in total. The van der Waals surface area contributed by atoms with Crippen molar-refractivity contribution in [3.63, 3.8) is 0 Å². The standard InChI is InChI=1S/C8H16O2/c1-5-6(10-5)7(9)8(2,3)4/h5-7,9H,1-4H3/t5-,6-,7-/m1/s1. The van der Waals surface area contributed by atoms with E-state index in [9.17, 15) is 5.11 Å². The second-order valence-corrected chi connectivity index (χ2v) is 4.12. The molecule has 0 amide bonds. The molecule has 60 valence electrons. The van der Waals surface area contributed by atoms with E-state index < -0.39 is 0 Å². The van der Waals surface area contributed by atoms with E-state index in [0.717, 1.165) is 0 Å². The van der Waals surface area contributed by atoms with E-state index in [-0.39, 0.29) is 23.7 Å². The maximum atomic E-state index is 9.57. The summed E-state index contributed by atoms with van der Waals surface area (Å²) in [7, 11) is 0. The number of rotatable bonds is 1. The van der Waals surface area contributed by atoms with Gasteiger partial charge in [-0.3, -0.25) is 0 Å². The molecule has 1 aliphatic heterocycles. The van der Waals surface area contributed by atoms with Crippen LogP contribution in [0.25, 0.3) is 0 Å². The predicted molar refractivity (Wildman–Crippen MR) is 39.8 cm³/mol. The Kier molecular flexibility index (Phi) is 1.77. The second-order valence-electron chi connectivity index (χ2n) is 4.12. The third-order valence-electron chi connectivity index (χ3n) is 1.96. The first kappa shape index (κ1) is 8.02. The van der Waals surface area contributed by atoms with Crippen LogP contribution in [0.15, 0.2) is 0 Å². The van der Waals surface area contributed by atoms with Crippen molar-refractivity contribution in [2.45, 2.75) is 46.0 Å². The van der Waals surface area contributed by atoms with Crippen LogP contribution in [0.2, 0.25) is 0 Å². The van der Waals surface area contributed by atoms with Gasteiger partial charge >= 0.3 is 0 Å². The molecule has 2 heteroatoms. The maximum Gasteiger partial charge on any atom is 0.110 e. The van der Waals surface area contributed by atoms with Crippen LogP contribution in [0.5, 0.6) is 0 Å². The zero-order chi connectivity index (χ0) is 7.94. The van der Waals surface area contributed by atoms with Crippen molar-refractivity contribution < 1.29 is 9.84 Å². The molecule has 1 N–H and O–H groups in total. The fourth-order valence-electron chi connectivity index (χ4n) is 1.03. The summed E-state index contributed by atoms with van der Waals surface area (Å²) >= 11 is 0. The van der Waals surface area contributed by atoms with Gasteiger partial charge in [0.1, 0.15) is 6.10 Å². The molecular formula is C8H16O2. The van der Waals surface area contributed by atoms with Gasteiger partial charge in [-0.05, 0) is 12.3 Å². The SMILES string of the molecule is C[C@H]1O[C@H]1[C@@H](O)C(C)(C)C. The van der Waals surface area contributed by atoms with Gasteiger partial charge in [0.25, 0.3) is 0 Å². The topological polar surface area (TPSA) is 32.8 Å². The molecule has 0 aliphatic carbocycles. The number of ether oxygens (including phenoxy) is 1. The van der Waals surface area contributed by atoms with E-state index >= 15 is 0 Å². The van der Waals surface area contributed by atoms with Gasteiger partial charge in [-0.25, -0.2) is 0 Å². The molecular weight excluding hydrogens is 128 g/mol. The highest BCUT2D eigenvalue weighted by Crippen LogP contribution is 2.33. The monoisotopic (exact) mass is 144 g/mol. The van der Waals surface area contributed by atoms with E-state index in [2.05, 4.69) is 0 Å². The summed E-state index contributed by atoms with van der Waals surface area (Å²) < 4.78 is 5.16. The molecule has 0 aromatic heterocycles. The second kappa shape index (κ2) is 2.21. The lowest BCUT2D eigenvalue weighted by Gasteiger charge is -2.24. The van der Waals surface area contributed by atoms with E-state index in [0.29, 0.717) is 0 Å². The number of hydrogen-bond donors (Lipinski definition) is 1. The minimum Gasteiger partial charge on any atom is -0.390 e. The summed E-state index contributed by atoms with van der Waals surface area (Å²) in [6.07, 6.45) is 0.0247. The Balaban J connectivity index is 2.42. The molecule has 0 spiro atoms. The van der Waals surface area contributed by atoms with Crippen LogP contribution in [0.4, 0.5) is 0 Å². The van der Waals surface area contributed by atoms with Crippen molar-refractivity contribution in [3.05, 3.63) is 0 Å². The van der Waals surface area contributed by atoms with Crippen molar-refractivity contribution in [2.24, 2.45) is 5.41 Å². The molecule has 1 aliphatic rings. The first-order valence-electron chi connectivity index (χ1n) is 3.76. The largest absolute Gasteiger partial charge is 0.390 e. The third kappa shape index (κ3) is 1.50. The Bertz CT molecular complexity index is 126. The van der Waals surface area contributed by atoms with Gasteiger partial charge in [0.05, 0.1) is 12.2 Å². The van der Waals surface area contributed by atoms with Crippen LogP contribution in [-0.4, -0.2) is 23.4 Å². The Labute approximate surface area is 62.2 Å². The summed E-state index contributed by atoms with van der Waals surface area (Å²) in [6, 6.07) is 0. The van der Waals surface area contributed by atoms with Crippen molar-refractivity contribution in [3.8, 4) is 0 Å². The van der Waals surface area contributed by atoms with Crippen molar-refractivity contribution in [1.82, 2.24) is 0 Å². The summed E-state index contributed by atoms with van der Waals surface area (Å²) in [6.45, 7) is 8.05. The highest BCUT2D eigenvalue weighted by Gasteiger charge is 2.45. The smallest absolute Gasteiger partial charge is 0.110 e. The van der Waals surface area contributed by atoms with Crippen molar-refractivity contribution in [1.29, 1.82) is 0 Å². The molecule has 1 fully saturated rings. The number of aliphatic hydroxyl groups excluding tert-OH is 1. The third-order valence-corrected chi connectivity index (χ3v) is 1.96. The average molecular weight is 144 g/mol. The number of hydrogen-bond acceptors (Lipinski definition) is 2. The molecule has 0 unspecified atom stereocenters. The zero-order valence-corrected chi connectivity index (χ0v) is 7.09. The quantitative estimate of drug-likeness (QED) is 0.560. The maximum absolute atomic E-state index is 9.57. The van der Waals surface area contributed by atoms with Crippen LogP contribution in [0.1, 0.15) is 27.7 Å². The van der Waals surface area contributed by atoms with Gasteiger partial charge in [0, 0.05) is 0 Å². The summed E-state index contributed by atoms with van der Waals surface area (Å²) in [5, 5.41) is 9.57. The van der Waals surface area contributed by atoms with Gasteiger partial charge in [-0.2, -0.15) is 0 Å². The Morgan fingerprint density at radius 2 is 1.80 bits per heavy atom. The highest BCUT2D eigenvalue weighted by atomic mass is 16.6. The van der Waals surface area contributed by atoms with Crippen LogP contribution in [-0.2, 0) is 4.74 Å². The molecule has 10 heavy (non-hydrogen) atoms. The molecule has 0 saturated carbocycles. The van der Waals surface area contributed by atoms with Gasteiger partial charge in [0.2, 0.25) is 0 Å². The summed E-state index contributed by atoms with van der Waals surface area (Å²) in [4.78, 5) is 0. The van der Waals surface area contributed by atoms with E-state index in [1.165, 1.54) is 0 Å². The van der Waals surface area contributed by atoms with E-state index in [1.807, 2.05) is 27.7 Å². The van der Waals surface area contributed by atoms with Gasteiger partial charge in [0.15, 0.2) is 0 Å². The fraction of sp³-hybridized carbons (Fsp3) is 1.00. The molecule has 1 saturated heterocycles. The van der Waals surface area contributed by atoms with Gasteiger partial charge in [-0.15, -0.1) is 0 Å². The van der Waals surface area contributed by atoms with E-state index in [4.69, 9.17) is 4.74 Å². The Morgan fingerprint density at radius 1 is 1.40 bits per heavy atom. The van der Waals surface area contributed by atoms with Gasteiger partial charge < -0.3 is 9.84 Å². The predicted octanol–water partition coefficient (Wildman–Crippen LogP) is 1.18. The summed E-state index contributed by atoms with van der Waals surface area (Å²) in [5.74, 6) is 0. The summed E-state index contributed by atoms with van der Waals surface area (Å²) in [5.41, 5.74) is -0.0462. The lowest BCUT2D eigenvalue weighted by Crippen LogP contribution is -2.31. The molecule has 0 aromatic rings. The van der Waals surface area contributed by atoms with Crippen LogP contribution in [0.3, 0.4) is 0 Å². The molecule has 1 heterocycles. The normalized spacial score (nSPS) is 35.7.